The Morgan fingerprint density at radius 1 is 1.10 bits per heavy atom. The van der Waals surface area contributed by atoms with Gasteiger partial charge in [-0.2, -0.15) is 0 Å². The molecular weight excluding hydrogens is 564 g/mol. The monoisotopic (exact) mass is 599 g/mol. The minimum atomic E-state index is -3.86. The van der Waals surface area contributed by atoms with Crippen LogP contribution in [0.5, 0.6) is 0 Å². The number of rotatable bonds is 12. The predicted octanol–water partition coefficient (Wildman–Crippen LogP) is 3.14. The Hall–Kier alpha value is -3.87. The molecule has 1 amide bonds. The zero-order valence-corrected chi connectivity index (χ0v) is 24.3. The predicted molar refractivity (Wildman–Crippen MR) is 158 cm³/mol. The van der Waals surface area contributed by atoms with Crippen molar-refractivity contribution >= 4 is 28.0 Å². The zero-order valence-electron chi connectivity index (χ0n) is 23.5. The van der Waals surface area contributed by atoms with Crippen LogP contribution in [-0.2, 0) is 29.4 Å². The Bertz CT molecular complexity index is 1530. The van der Waals surface area contributed by atoms with Gasteiger partial charge in [0.15, 0.2) is 5.37 Å². The lowest BCUT2D eigenvalue weighted by molar-refractivity contribution is 0.0554. The van der Waals surface area contributed by atoms with E-state index in [0.717, 1.165) is 35.7 Å². The van der Waals surface area contributed by atoms with Crippen molar-refractivity contribution < 1.29 is 27.1 Å². The van der Waals surface area contributed by atoms with E-state index in [0.29, 0.717) is 0 Å². The summed E-state index contributed by atoms with van der Waals surface area (Å²) in [6.07, 6.45) is 1.01. The van der Waals surface area contributed by atoms with E-state index in [4.69, 9.17) is 5.73 Å². The fourth-order valence-electron chi connectivity index (χ4n) is 4.72. The minimum absolute atomic E-state index is 0.0146. The van der Waals surface area contributed by atoms with E-state index in [1.165, 1.54) is 23.4 Å². The SMILES string of the molecule is CCc1cccc(CN(C[C@@H](O)[C@@H](N)Cc2cc(F)cc(F)c2)C(=O)c2cccc(NS(=O)(=O)C3CN(C)C=N3)c2)c1. The molecule has 1 heterocycles. The first-order valence-electron chi connectivity index (χ1n) is 13.5. The number of amides is 1. The maximum atomic E-state index is 13.8. The van der Waals surface area contributed by atoms with Crippen molar-refractivity contribution in [3.05, 3.63) is 101 Å². The van der Waals surface area contributed by atoms with Crippen molar-refractivity contribution in [2.75, 3.05) is 24.9 Å². The highest BCUT2D eigenvalue weighted by Gasteiger charge is 2.29. The van der Waals surface area contributed by atoms with Crippen molar-refractivity contribution in [2.24, 2.45) is 10.7 Å². The van der Waals surface area contributed by atoms with Crippen molar-refractivity contribution in [3.63, 3.8) is 0 Å². The third kappa shape index (κ3) is 8.11. The number of aliphatic imine (C=N–C) groups is 1. The van der Waals surface area contributed by atoms with E-state index in [-0.39, 0.29) is 42.9 Å². The third-order valence-corrected chi connectivity index (χ3v) is 8.47. The minimum Gasteiger partial charge on any atom is -0.390 e. The van der Waals surface area contributed by atoms with Crippen molar-refractivity contribution in [1.29, 1.82) is 0 Å². The lowest BCUT2D eigenvalue weighted by Crippen LogP contribution is -2.46. The summed E-state index contributed by atoms with van der Waals surface area (Å²) in [5.41, 5.74) is 8.79. The average molecular weight is 600 g/mol. The van der Waals surface area contributed by atoms with Crippen molar-refractivity contribution in [2.45, 2.75) is 43.8 Å². The number of carbonyl (C=O) groups is 1. The Balaban J connectivity index is 1.55. The first-order valence-corrected chi connectivity index (χ1v) is 15.1. The van der Waals surface area contributed by atoms with Crippen LogP contribution in [0, 0.1) is 11.6 Å². The van der Waals surface area contributed by atoms with E-state index in [1.54, 1.807) is 24.1 Å². The van der Waals surface area contributed by atoms with Gasteiger partial charge in [-0.1, -0.05) is 37.3 Å². The molecule has 0 saturated heterocycles. The van der Waals surface area contributed by atoms with Gasteiger partial charge in [0.05, 0.1) is 19.0 Å². The Labute approximate surface area is 244 Å². The molecule has 0 aliphatic carbocycles. The topological polar surface area (TPSA) is 128 Å². The highest BCUT2D eigenvalue weighted by Crippen LogP contribution is 2.20. The van der Waals surface area contributed by atoms with Gasteiger partial charge in [0, 0.05) is 43.5 Å². The van der Waals surface area contributed by atoms with Gasteiger partial charge >= 0.3 is 0 Å². The summed E-state index contributed by atoms with van der Waals surface area (Å²) in [7, 11) is -2.13. The first-order chi connectivity index (χ1) is 19.9. The highest BCUT2D eigenvalue weighted by molar-refractivity contribution is 7.93. The van der Waals surface area contributed by atoms with E-state index in [9.17, 15) is 27.1 Å². The molecule has 1 unspecified atom stereocenters. The lowest BCUT2D eigenvalue weighted by atomic mass is 10.0. The number of sulfonamides is 1. The number of likely N-dealkylation sites (N-methyl/N-ethyl adjacent to an activating group) is 1. The zero-order chi connectivity index (χ0) is 30.4. The van der Waals surface area contributed by atoms with Crippen LogP contribution in [0.15, 0.2) is 71.7 Å². The first kappa shape index (κ1) is 31.1. The standard InChI is InChI=1S/C30H35F2N5O4S/c1-3-20-6-4-7-21(10-20)16-37(17-28(38)27(33)13-22-11-24(31)15-25(32)12-22)30(39)23-8-5-9-26(14-23)35-42(40,41)29-18-36(2)19-34-29/h4-12,14-15,19,27-29,35,38H,3,13,16-18,33H2,1-2H3/t27-,28+,29?/m0/s1. The maximum absolute atomic E-state index is 13.8. The summed E-state index contributed by atoms with van der Waals surface area (Å²) in [4.78, 5) is 20.9. The molecule has 9 nitrogen and oxygen atoms in total. The molecule has 3 aromatic rings. The van der Waals surface area contributed by atoms with E-state index in [2.05, 4.69) is 9.71 Å². The second kappa shape index (κ2) is 13.4. The summed E-state index contributed by atoms with van der Waals surface area (Å²) in [5.74, 6) is -1.96. The number of carbonyl (C=O) groups excluding carboxylic acids is 1. The van der Waals surface area contributed by atoms with Crippen LogP contribution in [0.4, 0.5) is 14.5 Å². The number of aryl methyl sites for hydroxylation is 1. The molecule has 0 bridgehead atoms. The molecule has 3 atom stereocenters. The van der Waals surface area contributed by atoms with Gasteiger partial charge in [0.25, 0.3) is 15.9 Å². The third-order valence-electron chi connectivity index (χ3n) is 6.96. The molecule has 0 radical (unpaired) electrons. The molecule has 224 valence electrons. The highest BCUT2D eigenvalue weighted by atomic mass is 32.2. The van der Waals surface area contributed by atoms with E-state index < -0.39 is 45.1 Å². The summed E-state index contributed by atoms with van der Waals surface area (Å²) in [5, 5.41) is 10.0. The summed E-state index contributed by atoms with van der Waals surface area (Å²) in [6, 6.07) is 15.9. The second-order valence-electron chi connectivity index (χ2n) is 10.5. The van der Waals surface area contributed by atoms with E-state index >= 15 is 0 Å². The number of benzene rings is 3. The van der Waals surface area contributed by atoms with Crippen LogP contribution in [0.3, 0.4) is 0 Å². The Kier molecular flexibility index (Phi) is 9.92. The van der Waals surface area contributed by atoms with Gasteiger partial charge in [-0.05, 0) is 59.9 Å². The smallest absolute Gasteiger partial charge is 0.257 e. The molecule has 1 aliphatic heterocycles. The fourth-order valence-corrected chi connectivity index (χ4v) is 5.96. The van der Waals surface area contributed by atoms with Crippen LogP contribution in [-0.4, -0.2) is 73.2 Å². The van der Waals surface area contributed by atoms with Crippen LogP contribution in [0.25, 0.3) is 0 Å². The van der Waals surface area contributed by atoms with E-state index in [1.807, 2.05) is 31.2 Å². The number of hydrogen-bond acceptors (Lipinski definition) is 7. The maximum Gasteiger partial charge on any atom is 0.257 e. The largest absolute Gasteiger partial charge is 0.390 e. The van der Waals surface area contributed by atoms with Crippen LogP contribution in [0.2, 0.25) is 0 Å². The molecule has 0 fully saturated rings. The number of nitrogens with one attached hydrogen (secondary N) is 1. The quantitative estimate of drug-likeness (QED) is 0.294. The number of aliphatic hydroxyl groups excluding tert-OH is 1. The lowest BCUT2D eigenvalue weighted by Gasteiger charge is -2.29. The summed E-state index contributed by atoms with van der Waals surface area (Å²) in [6.45, 7) is 2.19. The van der Waals surface area contributed by atoms with Crippen LogP contribution >= 0.6 is 0 Å². The Morgan fingerprint density at radius 3 is 2.45 bits per heavy atom. The molecular formula is C30H35F2N5O4S. The van der Waals surface area contributed by atoms with Crippen LogP contribution < -0.4 is 10.5 Å². The van der Waals surface area contributed by atoms with Crippen molar-refractivity contribution in [3.8, 4) is 0 Å². The number of nitrogens with two attached hydrogens (primary N) is 1. The molecule has 3 aromatic carbocycles. The Morgan fingerprint density at radius 2 is 1.79 bits per heavy atom. The van der Waals surface area contributed by atoms with Gasteiger partial charge in [-0.3, -0.25) is 14.5 Å². The fraction of sp³-hybridized carbons (Fsp3) is 0.333. The molecule has 4 rings (SSSR count). The number of hydrogen-bond donors (Lipinski definition) is 3. The molecule has 42 heavy (non-hydrogen) atoms. The molecule has 1 aliphatic rings. The summed E-state index contributed by atoms with van der Waals surface area (Å²) < 4.78 is 55.5. The van der Waals surface area contributed by atoms with Crippen molar-refractivity contribution in [1.82, 2.24) is 9.80 Å². The van der Waals surface area contributed by atoms with Gasteiger partial charge in [0.2, 0.25) is 0 Å². The normalized spacial score (nSPS) is 16.3. The van der Waals surface area contributed by atoms with Gasteiger partial charge in [-0.25, -0.2) is 17.2 Å². The molecule has 0 spiro atoms. The number of anilines is 1. The van der Waals surface area contributed by atoms with Gasteiger partial charge < -0.3 is 20.6 Å². The number of aliphatic hydroxyl groups is 1. The summed E-state index contributed by atoms with van der Waals surface area (Å²) >= 11 is 0. The number of nitrogens with zero attached hydrogens (tertiary/aromatic N) is 3. The molecule has 0 aromatic heterocycles. The van der Waals surface area contributed by atoms with Crippen LogP contribution in [0.1, 0.15) is 34.0 Å². The number of halogens is 2. The molecule has 4 N–H and O–H groups in total. The molecule has 12 heteroatoms. The molecule has 0 saturated carbocycles. The second-order valence-corrected chi connectivity index (χ2v) is 12.3. The van der Waals surface area contributed by atoms with Gasteiger partial charge in [0.1, 0.15) is 11.6 Å². The average Bonchev–Trinajstić information content (AvgIpc) is 3.39. The van der Waals surface area contributed by atoms with Gasteiger partial charge in [-0.15, -0.1) is 0 Å².